The molecule has 0 radical (unpaired) electrons. The third-order valence-corrected chi connectivity index (χ3v) is 11.4. The van der Waals surface area contributed by atoms with Gasteiger partial charge in [0.25, 0.3) is 0 Å². The van der Waals surface area contributed by atoms with Gasteiger partial charge < -0.3 is 9.84 Å². The summed E-state index contributed by atoms with van der Waals surface area (Å²) in [5.41, 5.74) is 0.810. The fourth-order valence-corrected chi connectivity index (χ4v) is 9.82. The van der Waals surface area contributed by atoms with Crippen molar-refractivity contribution in [2.75, 3.05) is 6.61 Å². The van der Waals surface area contributed by atoms with Crippen molar-refractivity contribution in [2.24, 2.45) is 40.4 Å². The first kappa shape index (κ1) is 21.6. The number of aliphatic hydroxyl groups is 1. The standard InChI is InChI=1S/C29H38N2O3/c1-27(33)11-12-29-17-34-26(23(29)14-27)13-19-20-7-8-22(28(20,2)10-9-21(19)29)25(32)16-31-15-18-5-3-4-6-24(18)30-31/h3-6,15,19-23,26,33H,7-14,16-17H2,1-2H3/t19-,20-,21?,22+,23?,26+,27+,28-,29-/m0/s1. The molecule has 5 nitrogen and oxygen atoms in total. The van der Waals surface area contributed by atoms with E-state index in [1.54, 1.807) is 0 Å². The first-order valence-electron chi connectivity index (χ1n) is 13.6. The van der Waals surface area contributed by atoms with Gasteiger partial charge in [-0.2, -0.15) is 5.10 Å². The molecule has 2 heterocycles. The number of carbonyl (C=O) groups is 1. The number of Topliss-reactive ketones (excluding diaryl/α,β-unsaturated/α-hetero) is 1. The third-order valence-electron chi connectivity index (χ3n) is 11.4. The van der Waals surface area contributed by atoms with Crippen LogP contribution in [0.2, 0.25) is 0 Å². The smallest absolute Gasteiger partial charge is 0.157 e. The topological polar surface area (TPSA) is 64.3 Å². The number of carbonyl (C=O) groups excluding carboxylic acids is 1. The van der Waals surface area contributed by atoms with Crippen LogP contribution in [-0.2, 0) is 16.1 Å². The highest BCUT2D eigenvalue weighted by molar-refractivity contribution is 5.83. The van der Waals surface area contributed by atoms with Gasteiger partial charge in [-0.15, -0.1) is 0 Å². The van der Waals surface area contributed by atoms with Crippen molar-refractivity contribution in [1.82, 2.24) is 9.78 Å². The maximum atomic E-state index is 13.6. The van der Waals surface area contributed by atoms with Crippen molar-refractivity contribution in [2.45, 2.75) is 83.5 Å². The highest BCUT2D eigenvalue weighted by atomic mass is 16.5. The molecule has 34 heavy (non-hydrogen) atoms. The molecular formula is C29H38N2O3. The van der Waals surface area contributed by atoms with Crippen LogP contribution in [-0.4, -0.2) is 39.0 Å². The lowest BCUT2D eigenvalue weighted by molar-refractivity contribution is -0.145. The van der Waals surface area contributed by atoms with Crippen LogP contribution >= 0.6 is 0 Å². The first-order chi connectivity index (χ1) is 16.3. The molecule has 1 N–H and O–H groups in total. The van der Waals surface area contributed by atoms with Gasteiger partial charge in [0.2, 0.25) is 0 Å². The van der Waals surface area contributed by atoms with Crippen molar-refractivity contribution in [3.63, 3.8) is 0 Å². The Hall–Kier alpha value is -1.72. The molecule has 182 valence electrons. The quantitative estimate of drug-likeness (QED) is 0.697. The van der Waals surface area contributed by atoms with Crippen molar-refractivity contribution >= 4 is 16.7 Å². The average Bonchev–Trinajstić information content (AvgIpc) is 3.44. The summed E-state index contributed by atoms with van der Waals surface area (Å²) in [5.74, 6) is 3.05. The van der Waals surface area contributed by atoms with Crippen LogP contribution in [0.25, 0.3) is 10.9 Å². The number of hydrogen-bond donors (Lipinski definition) is 1. The Bertz CT molecular complexity index is 1110. The average molecular weight is 463 g/mol. The zero-order valence-corrected chi connectivity index (χ0v) is 20.6. The number of fused-ring (bicyclic) bond motifs is 4. The summed E-state index contributed by atoms with van der Waals surface area (Å²) in [7, 11) is 0. The molecule has 0 amide bonds. The Morgan fingerprint density at radius 1 is 1.12 bits per heavy atom. The number of rotatable bonds is 3. The molecule has 2 aromatic rings. The Morgan fingerprint density at radius 2 is 1.97 bits per heavy atom. The molecule has 1 aliphatic heterocycles. The Balaban J connectivity index is 1.13. The Morgan fingerprint density at radius 3 is 2.82 bits per heavy atom. The molecule has 5 heteroatoms. The first-order valence-corrected chi connectivity index (χ1v) is 13.6. The van der Waals surface area contributed by atoms with Crippen LogP contribution in [0.15, 0.2) is 30.5 Å². The summed E-state index contributed by atoms with van der Waals surface area (Å²) < 4.78 is 8.34. The second-order valence-electron chi connectivity index (χ2n) is 13.0. The fourth-order valence-electron chi connectivity index (χ4n) is 9.82. The van der Waals surface area contributed by atoms with Gasteiger partial charge in [-0.25, -0.2) is 0 Å². The maximum absolute atomic E-state index is 13.6. The number of nitrogens with zero attached hydrogens (tertiary/aromatic N) is 2. The van der Waals surface area contributed by atoms with E-state index in [1.807, 2.05) is 36.0 Å². The van der Waals surface area contributed by atoms with E-state index in [4.69, 9.17) is 4.74 Å². The Kier molecular flexibility index (Phi) is 4.54. The summed E-state index contributed by atoms with van der Waals surface area (Å²) >= 11 is 0. The van der Waals surface area contributed by atoms with Crippen LogP contribution in [0.3, 0.4) is 0 Å². The number of aromatic nitrogens is 2. The van der Waals surface area contributed by atoms with E-state index in [2.05, 4.69) is 18.1 Å². The van der Waals surface area contributed by atoms with Gasteiger partial charge in [-0.3, -0.25) is 9.48 Å². The maximum Gasteiger partial charge on any atom is 0.157 e. The summed E-state index contributed by atoms with van der Waals surface area (Å²) in [5, 5.41) is 16.6. The van der Waals surface area contributed by atoms with Gasteiger partial charge >= 0.3 is 0 Å². The second-order valence-corrected chi connectivity index (χ2v) is 13.0. The van der Waals surface area contributed by atoms with Gasteiger partial charge in [0.15, 0.2) is 5.78 Å². The normalized spacial score (nSPS) is 47.3. The molecule has 4 aliphatic carbocycles. The molecule has 5 aliphatic rings. The van der Waals surface area contributed by atoms with E-state index < -0.39 is 5.60 Å². The van der Waals surface area contributed by atoms with Crippen LogP contribution < -0.4 is 0 Å². The molecule has 2 bridgehead atoms. The number of ketones is 1. The molecule has 0 spiro atoms. The number of ether oxygens (including phenoxy) is 1. The molecule has 1 saturated heterocycles. The van der Waals surface area contributed by atoms with Crippen molar-refractivity contribution in [1.29, 1.82) is 0 Å². The van der Waals surface area contributed by atoms with E-state index in [0.717, 1.165) is 56.0 Å². The van der Waals surface area contributed by atoms with Gasteiger partial charge in [-0.05, 0) is 93.4 Å². The SMILES string of the molecule is C[C@@]1(O)CC[C@]23CO[C@H](C[C@@H]4C2CC[C@]2(C)[C@@H](C(=O)Cn5cc6ccccc6n5)CC[C@@H]42)C3C1. The second kappa shape index (κ2) is 7.16. The molecule has 9 atom stereocenters. The molecule has 7 rings (SSSR count). The van der Waals surface area contributed by atoms with E-state index in [1.165, 1.54) is 12.8 Å². The highest BCUT2D eigenvalue weighted by Crippen LogP contribution is 2.70. The minimum atomic E-state index is -0.529. The van der Waals surface area contributed by atoms with Gasteiger partial charge in [0.05, 0.1) is 30.4 Å². The zero-order valence-electron chi connectivity index (χ0n) is 20.6. The highest BCUT2D eigenvalue weighted by Gasteiger charge is 2.67. The van der Waals surface area contributed by atoms with Crippen molar-refractivity contribution in [3.8, 4) is 0 Å². The van der Waals surface area contributed by atoms with Crippen molar-refractivity contribution in [3.05, 3.63) is 30.5 Å². The largest absolute Gasteiger partial charge is 0.390 e. The predicted molar refractivity (Wildman–Crippen MR) is 130 cm³/mol. The minimum absolute atomic E-state index is 0.105. The predicted octanol–water partition coefficient (Wildman–Crippen LogP) is 5.00. The third kappa shape index (κ3) is 2.92. The lowest BCUT2D eigenvalue weighted by Crippen LogP contribution is -2.58. The molecular weight excluding hydrogens is 424 g/mol. The summed E-state index contributed by atoms with van der Waals surface area (Å²) in [6, 6.07) is 8.10. The van der Waals surface area contributed by atoms with Crippen LogP contribution in [0.4, 0.5) is 0 Å². The number of benzene rings is 1. The molecule has 1 aromatic carbocycles. The van der Waals surface area contributed by atoms with E-state index in [9.17, 15) is 9.90 Å². The van der Waals surface area contributed by atoms with Crippen molar-refractivity contribution < 1.29 is 14.6 Å². The molecule has 4 saturated carbocycles. The van der Waals surface area contributed by atoms with Crippen LogP contribution in [0.1, 0.15) is 65.2 Å². The van der Waals surface area contributed by atoms with Gasteiger partial charge in [0.1, 0.15) is 0 Å². The fraction of sp³-hybridized carbons (Fsp3) is 0.724. The molecule has 1 aromatic heterocycles. The van der Waals surface area contributed by atoms with E-state index in [0.29, 0.717) is 42.1 Å². The minimum Gasteiger partial charge on any atom is -0.390 e. The molecule has 2 unspecified atom stereocenters. The van der Waals surface area contributed by atoms with Crippen LogP contribution in [0, 0.1) is 40.4 Å². The van der Waals surface area contributed by atoms with Gasteiger partial charge in [-0.1, -0.05) is 25.1 Å². The van der Waals surface area contributed by atoms with E-state index >= 15 is 0 Å². The Labute approximate surface area is 202 Å². The monoisotopic (exact) mass is 462 g/mol. The number of hydrogen-bond acceptors (Lipinski definition) is 4. The summed E-state index contributed by atoms with van der Waals surface area (Å²) in [6.45, 7) is 5.75. The van der Waals surface area contributed by atoms with E-state index in [-0.39, 0.29) is 16.7 Å². The van der Waals surface area contributed by atoms with Crippen LogP contribution in [0.5, 0.6) is 0 Å². The molecule has 5 fully saturated rings. The lowest BCUT2D eigenvalue weighted by Gasteiger charge is -2.60. The zero-order chi connectivity index (χ0) is 23.3. The lowest BCUT2D eigenvalue weighted by atomic mass is 9.44. The summed E-state index contributed by atoms with van der Waals surface area (Å²) in [4.78, 5) is 13.6. The van der Waals surface area contributed by atoms with Gasteiger partial charge in [0, 0.05) is 22.9 Å². The summed E-state index contributed by atoms with van der Waals surface area (Å²) in [6.07, 6.45) is 11.0.